The van der Waals surface area contributed by atoms with Crippen LogP contribution in [0.5, 0.6) is 5.75 Å². The van der Waals surface area contributed by atoms with E-state index in [2.05, 4.69) is 0 Å². The van der Waals surface area contributed by atoms with Gasteiger partial charge in [0.05, 0.1) is 12.8 Å². The van der Waals surface area contributed by atoms with Crippen LogP contribution in [0.3, 0.4) is 0 Å². The van der Waals surface area contributed by atoms with Crippen LogP contribution in [0, 0.1) is 0 Å². The molecular weight excluding hydrogens is 326 g/mol. The summed E-state index contributed by atoms with van der Waals surface area (Å²) in [6.07, 6.45) is 1.19. The van der Waals surface area contributed by atoms with Gasteiger partial charge in [-0.05, 0) is 40.0 Å². The predicted molar refractivity (Wildman–Crippen MR) is 104 cm³/mol. The monoisotopic (exact) mass is 345 g/mol. The van der Waals surface area contributed by atoms with Crippen molar-refractivity contribution >= 4 is 17.2 Å². The van der Waals surface area contributed by atoms with E-state index in [0.717, 1.165) is 22.3 Å². The lowest BCUT2D eigenvalue weighted by Gasteiger charge is -2.12. The van der Waals surface area contributed by atoms with Gasteiger partial charge in [0.2, 0.25) is 0 Å². The third-order valence-corrected chi connectivity index (χ3v) is 4.11. The third-order valence-electron chi connectivity index (χ3n) is 4.11. The van der Waals surface area contributed by atoms with Gasteiger partial charge < -0.3 is 15.6 Å². The van der Waals surface area contributed by atoms with Gasteiger partial charge >= 0.3 is 5.97 Å². The molecule has 0 heterocycles. The zero-order valence-corrected chi connectivity index (χ0v) is 14.3. The second-order valence-corrected chi connectivity index (χ2v) is 5.80. The van der Waals surface area contributed by atoms with Crippen LogP contribution in [-0.2, 0) is 4.79 Å². The molecule has 3 aromatic rings. The van der Waals surface area contributed by atoms with Gasteiger partial charge in [0.1, 0.15) is 5.75 Å². The molecular formula is C22H19NO3. The Balaban J connectivity index is 2.01. The number of hydrogen-bond donors (Lipinski definition) is 2. The fraction of sp³-hybridized carbons (Fsp3) is 0.0455. The first kappa shape index (κ1) is 17.3. The average Bonchev–Trinajstić information content (AvgIpc) is 2.67. The highest BCUT2D eigenvalue weighted by Gasteiger charge is 2.10. The Morgan fingerprint density at radius 1 is 0.923 bits per heavy atom. The van der Waals surface area contributed by atoms with E-state index in [1.54, 1.807) is 25.3 Å². The molecule has 0 atom stereocenters. The highest BCUT2D eigenvalue weighted by Crippen LogP contribution is 2.30. The van der Waals surface area contributed by atoms with E-state index in [1.165, 1.54) is 6.08 Å². The number of carboxylic acid groups (broad SMARTS) is 1. The number of benzene rings is 3. The largest absolute Gasteiger partial charge is 0.495 e. The third kappa shape index (κ3) is 3.75. The molecule has 0 unspecified atom stereocenters. The molecule has 0 fully saturated rings. The molecule has 3 rings (SSSR count). The van der Waals surface area contributed by atoms with Crippen molar-refractivity contribution in [1.29, 1.82) is 0 Å². The van der Waals surface area contributed by atoms with Crippen molar-refractivity contribution < 1.29 is 14.6 Å². The molecule has 130 valence electrons. The zero-order chi connectivity index (χ0) is 18.5. The number of aliphatic carboxylic acids is 1. The summed E-state index contributed by atoms with van der Waals surface area (Å²) in [5.41, 5.74) is 10.7. The van der Waals surface area contributed by atoms with Crippen LogP contribution >= 0.6 is 0 Å². The van der Waals surface area contributed by atoms with Crippen LogP contribution < -0.4 is 10.5 Å². The van der Waals surface area contributed by atoms with Crippen molar-refractivity contribution in [3.05, 3.63) is 90.0 Å². The van der Waals surface area contributed by atoms with Crippen molar-refractivity contribution in [2.75, 3.05) is 12.8 Å². The van der Waals surface area contributed by atoms with Crippen LogP contribution in [0.25, 0.3) is 16.7 Å². The SMILES string of the molecule is COc1ccc(C(=CC(=O)O)c2ccc(-c3ccccc3)cc2)cc1N. The van der Waals surface area contributed by atoms with Crippen molar-refractivity contribution in [3.63, 3.8) is 0 Å². The summed E-state index contributed by atoms with van der Waals surface area (Å²) < 4.78 is 5.17. The van der Waals surface area contributed by atoms with E-state index in [1.807, 2.05) is 54.6 Å². The molecule has 0 spiro atoms. The quantitative estimate of drug-likeness (QED) is 0.529. The number of ether oxygens (including phenoxy) is 1. The van der Waals surface area contributed by atoms with E-state index >= 15 is 0 Å². The van der Waals surface area contributed by atoms with Gasteiger partial charge in [-0.15, -0.1) is 0 Å². The lowest BCUT2D eigenvalue weighted by atomic mass is 9.95. The molecule has 0 aromatic heterocycles. The van der Waals surface area contributed by atoms with Crippen molar-refractivity contribution in [2.45, 2.75) is 0 Å². The summed E-state index contributed by atoms with van der Waals surface area (Å²) >= 11 is 0. The van der Waals surface area contributed by atoms with Crippen molar-refractivity contribution in [1.82, 2.24) is 0 Å². The van der Waals surface area contributed by atoms with E-state index in [4.69, 9.17) is 10.5 Å². The molecule has 0 saturated carbocycles. The zero-order valence-electron chi connectivity index (χ0n) is 14.3. The van der Waals surface area contributed by atoms with Gasteiger partial charge in [0.15, 0.2) is 0 Å². The van der Waals surface area contributed by atoms with E-state index < -0.39 is 5.97 Å². The van der Waals surface area contributed by atoms with Crippen LogP contribution in [0.1, 0.15) is 11.1 Å². The summed E-state index contributed by atoms with van der Waals surface area (Å²) in [6.45, 7) is 0. The Hall–Kier alpha value is -3.53. The Labute approximate surface area is 152 Å². The molecule has 0 aliphatic heterocycles. The van der Waals surface area contributed by atoms with E-state index in [9.17, 15) is 9.90 Å². The summed E-state index contributed by atoms with van der Waals surface area (Å²) in [7, 11) is 1.54. The first-order chi connectivity index (χ1) is 12.6. The van der Waals surface area contributed by atoms with Gasteiger partial charge in [-0.25, -0.2) is 4.79 Å². The van der Waals surface area contributed by atoms with Gasteiger partial charge in [-0.1, -0.05) is 60.7 Å². The summed E-state index contributed by atoms with van der Waals surface area (Å²) in [4.78, 5) is 11.3. The molecule has 0 saturated heterocycles. The molecule has 0 bridgehead atoms. The number of nitrogens with two attached hydrogens (primary N) is 1. The second-order valence-electron chi connectivity index (χ2n) is 5.80. The molecule has 0 aliphatic carbocycles. The lowest BCUT2D eigenvalue weighted by Crippen LogP contribution is -1.98. The number of rotatable bonds is 5. The molecule has 3 N–H and O–H groups in total. The maximum atomic E-state index is 11.3. The number of carboxylic acids is 1. The Kier molecular flexibility index (Phi) is 5.04. The number of nitrogen functional groups attached to an aromatic ring is 1. The minimum Gasteiger partial charge on any atom is -0.495 e. The van der Waals surface area contributed by atoms with E-state index in [0.29, 0.717) is 17.0 Å². The van der Waals surface area contributed by atoms with E-state index in [-0.39, 0.29) is 0 Å². The first-order valence-corrected chi connectivity index (χ1v) is 8.13. The van der Waals surface area contributed by atoms with Gasteiger partial charge in [0.25, 0.3) is 0 Å². The Morgan fingerprint density at radius 3 is 2.12 bits per heavy atom. The standard InChI is InChI=1S/C22H19NO3/c1-26-21-12-11-18(13-20(21)23)19(14-22(24)25)17-9-7-16(8-10-17)15-5-3-2-4-6-15/h2-14H,23H2,1H3,(H,24,25). The van der Waals surface area contributed by atoms with Gasteiger partial charge in [0, 0.05) is 6.08 Å². The van der Waals surface area contributed by atoms with Gasteiger partial charge in [-0.3, -0.25) is 0 Å². The number of carbonyl (C=O) groups is 1. The fourth-order valence-electron chi connectivity index (χ4n) is 2.83. The molecule has 3 aromatic carbocycles. The molecule has 4 heteroatoms. The smallest absolute Gasteiger partial charge is 0.328 e. The summed E-state index contributed by atoms with van der Waals surface area (Å²) in [6, 6.07) is 23.1. The van der Waals surface area contributed by atoms with Crippen LogP contribution in [0.4, 0.5) is 5.69 Å². The van der Waals surface area contributed by atoms with Crippen LogP contribution in [-0.4, -0.2) is 18.2 Å². The number of hydrogen-bond acceptors (Lipinski definition) is 3. The second kappa shape index (κ2) is 7.57. The minimum absolute atomic E-state index is 0.460. The highest BCUT2D eigenvalue weighted by atomic mass is 16.5. The lowest BCUT2D eigenvalue weighted by molar-refractivity contribution is -0.131. The maximum Gasteiger partial charge on any atom is 0.328 e. The van der Waals surface area contributed by atoms with Gasteiger partial charge in [-0.2, -0.15) is 0 Å². The van der Waals surface area contributed by atoms with Crippen molar-refractivity contribution in [2.24, 2.45) is 0 Å². The maximum absolute atomic E-state index is 11.3. The van der Waals surface area contributed by atoms with Crippen LogP contribution in [0.2, 0.25) is 0 Å². The fourth-order valence-corrected chi connectivity index (χ4v) is 2.83. The molecule has 0 aliphatic rings. The molecule has 0 amide bonds. The van der Waals surface area contributed by atoms with Crippen molar-refractivity contribution in [3.8, 4) is 16.9 Å². The topological polar surface area (TPSA) is 72.5 Å². The number of methoxy groups -OCH3 is 1. The molecule has 4 nitrogen and oxygen atoms in total. The summed E-state index contributed by atoms with van der Waals surface area (Å²) in [5, 5.41) is 9.28. The molecule has 0 radical (unpaired) electrons. The Bertz CT molecular complexity index is 945. The summed E-state index contributed by atoms with van der Waals surface area (Å²) in [5.74, 6) is -0.454. The minimum atomic E-state index is -1.01. The Morgan fingerprint density at radius 2 is 1.54 bits per heavy atom. The molecule has 26 heavy (non-hydrogen) atoms. The predicted octanol–water partition coefficient (Wildman–Crippen LogP) is 4.46. The normalized spacial score (nSPS) is 11.2. The highest BCUT2D eigenvalue weighted by molar-refractivity contribution is 5.96. The van der Waals surface area contributed by atoms with Crippen LogP contribution in [0.15, 0.2) is 78.9 Å². The number of anilines is 1. The first-order valence-electron chi connectivity index (χ1n) is 8.13. The average molecular weight is 345 g/mol.